The SMILES string of the molecule is CCCCCCCCCCCCCCCCCCCCCCC(=O)OC[C@H](COP(=O)(O)OC[C@@H](O)COP(=O)(O)OC[C@@H](COC(=O)CCCCCCCCCCCC)OC(=O)CCCCCCCCCCCCCCCCC)OC(=O)CCCCCCCCCCCCCCCCCCCCC(C)CC. The molecule has 3 N–H and O–H groups in total. The Hall–Kier alpha value is -1.94. The summed E-state index contributed by atoms with van der Waals surface area (Å²) in [5.74, 6) is -1.23. The zero-order chi connectivity index (χ0) is 78.3. The van der Waals surface area contributed by atoms with Gasteiger partial charge in [-0.15, -0.1) is 0 Å². The molecule has 0 aliphatic rings. The van der Waals surface area contributed by atoms with Crippen molar-refractivity contribution in [1.29, 1.82) is 0 Å². The molecule has 6 atom stereocenters. The van der Waals surface area contributed by atoms with Crippen LogP contribution in [0.4, 0.5) is 0 Å². The number of rotatable bonds is 88. The van der Waals surface area contributed by atoms with Gasteiger partial charge >= 0.3 is 39.5 Å². The summed E-state index contributed by atoms with van der Waals surface area (Å²) in [7, 11) is -9.93. The van der Waals surface area contributed by atoms with E-state index in [4.69, 9.17) is 37.0 Å². The number of phosphoric ester groups is 2. The van der Waals surface area contributed by atoms with Gasteiger partial charge in [-0.25, -0.2) is 9.13 Å². The molecule has 0 fully saturated rings. The maximum absolute atomic E-state index is 13.2. The summed E-state index contributed by atoms with van der Waals surface area (Å²) >= 11 is 0. The molecule has 17 nitrogen and oxygen atoms in total. The molecule has 0 aliphatic carbocycles. The number of phosphoric acid groups is 2. The highest BCUT2D eigenvalue weighted by Gasteiger charge is 2.30. The van der Waals surface area contributed by atoms with Crippen molar-refractivity contribution in [2.45, 2.75) is 496 Å². The lowest BCUT2D eigenvalue weighted by atomic mass is 9.99. The lowest BCUT2D eigenvalue weighted by Gasteiger charge is -2.21. The lowest BCUT2D eigenvalue weighted by molar-refractivity contribution is -0.161. The molecule has 0 aromatic carbocycles. The molecule has 0 heterocycles. The predicted molar refractivity (Wildman–Crippen MR) is 442 cm³/mol. The Bertz CT molecular complexity index is 2030. The first kappa shape index (κ1) is 105. The summed E-state index contributed by atoms with van der Waals surface area (Å²) in [4.78, 5) is 73.2. The van der Waals surface area contributed by atoms with Crippen LogP contribution in [0.5, 0.6) is 0 Å². The van der Waals surface area contributed by atoms with E-state index < -0.39 is 97.5 Å². The van der Waals surface area contributed by atoms with Gasteiger partial charge in [0.15, 0.2) is 12.2 Å². The Morgan fingerprint density at radius 2 is 0.449 bits per heavy atom. The second-order valence-electron chi connectivity index (χ2n) is 31.9. The zero-order valence-corrected chi connectivity index (χ0v) is 72.1. The normalized spacial score (nSPS) is 14.0. The van der Waals surface area contributed by atoms with E-state index in [1.54, 1.807) is 0 Å². The van der Waals surface area contributed by atoms with Gasteiger partial charge in [0.25, 0.3) is 0 Å². The van der Waals surface area contributed by atoms with Gasteiger partial charge < -0.3 is 33.8 Å². The second-order valence-corrected chi connectivity index (χ2v) is 34.8. The van der Waals surface area contributed by atoms with Crippen molar-refractivity contribution in [3.63, 3.8) is 0 Å². The molecule has 3 unspecified atom stereocenters. The number of esters is 4. The first-order valence-corrected chi connectivity index (χ1v) is 48.7. The number of ether oxygens (including phenoxy) is 4. The largest absolute Gasteiger partial charge is 0.472 e. The molecule has 0 radical (unpaired) electrons. The molecule has 0 rings (SSSR count). The second kappa shape index (κ2) is 80.7. The van der Waals surface area contributed by atoms with Crippen molar-refractivity contribution in [3.8, 4) is 0 Å². The first-order valence-electron chi connectivity index (χ1n) is 45.7. The van der Waals surface area contributed by atoms with E-state index in [0.29, 0.717) is 25.7 Å². The molecule has 0 amide bonds. The molecular formula is C88H172O17P2. The molecule has 107 heavy (non-hydrogen) atoms. The molecule has 0 saturated heterocycles. The quantitative estimate of drug-likeness (QED) is 0.0222. The van der Waals surface area contributed by atoms with Crippen LogP contribution >= 0.6 is 15.6 Å². The van der Waals surface area contributed by atoms with Crippen molar-refractivity contribution in [1.82, 2.24) is 0 Å². The average molecular weight is 1560 g/mol. The van der Waals surface area contributed by atoms with Gasteiger partial charge in [-0.2, -0.15) is 0 Å². The summed E-state index contributed by atoms with van der Waals surface area (Å²) < 4.78 is 68.9. The minimum atomic E-state index is -4.97. The van der Waals surface area contributed by atoms with Crippen LogP contribution in [-0.4, -0.2) is 96.7 Å². The number of unbranched alkanes of at least 4 members (excludes halogenated alkanes) is 59. The van der Waals surface area contributed by atoms with Crippen LogP contribution in [0, 0.1) is 5.92 Å². The van der Waals surface area contributed by atoms with Crippen LogP contribution in [0.15, 0.2) is 0 Å². The van der Waals surface area contributed by atoms with Crippen LogP contribution in [-0.2, 0) is 65.4 Å². The van der Waals surface area contributed by atoms with Crippen LogP contribution in [0.1, 0.15) is 478 Å². The van der Waals surface area contributed by atoms with Gasteiger partial charge in [0.2, 0.25) is 0 Å². The smallest absolute Gasteiger partial charge is 0.462 e. The standard InChI is InChI=1S/C88H172O17P2/c1-6-10-13-16-19-22-25-27-29-30-31-32-36-40-43-47-52-57-62-67-72-86(91)99-78-84(105-88(93)74-69-64-59-54-49-45-41-37-34-33-35-39-42-46-50-55-60-65-70-81(5)9-4)80-103-107(96,97)101-76-82(89)75-100-106(94,95)102-79-83(77-98-85(90)71-66-61-56-51-24-21-18-15-12-8-3)104-87(92)73-68-63-58-53-48-44-38-28-26-23-20-17-14-11-7-2/h81-84,89H,6-80H2,1-5H3,(H,94,95)(H,96,97)/t81?,82-,83+,84+/m0/s1. The van der Waals surface area contributed by atoms with Gasteiger partial charge in [0.05, 0.1) is 26.4 Å². The molecule has 0 aromatic heterocycles. The number of aliphatic hydroxyl groups excluding tert-OH is 1. The van der Waals surface area contributed by atoms with Crippen LogP contribution in [0.2, 0.25) is 0 Å². The highest BCUT2D eigenvalue weighted by Crippen LogP contribution is 2.45. The fourth-order valence-corrected chi connectivity index (χ4v) is 15.4. The molecular weight excluding hydrogens is 1390 g/mol. The van der Waals surface area contributed by atoms with Crippen LogP contribution in [0.3, 0.4) is 0 Å². The summed E-state index contributed by atoms with van der Waals surface area (Å²) in [6.07, 6.45) is 75.0. The van der Waals surface area contributed by atoms with E-state index in [1.165, 1.54) is 302 Å². The lowest BCUT2D eigenvalue weighted by Crippen LogP contribution is -2.30. The molecule has 0 aromatic rings. The number of carbonyl (C=O) groups excluding carboxylic acids is 4. The molecule has 636 valence electrons. The molecule has 0 spiro atoms. The third kappa shape index (κ3) is 80.5. The number of carbonyl (C=O) groups is 4. The van der Waals surface area contributed by atoms with Crippen molar-refractivity contribution in [2.75, 3.05) is 39.6 Å². The summed E-state index contributed by atoms with van der Waals surface area (Å²) in [6, 6.07) is 0. The molecule has 0 bridgehead atoms. The summed E-state index contributed by atoms with van der Waals surface area (Å²) in [5, 5.41) is 10.7. The fraction of sp³-hybridized carbons (Fsp3) is 0.955. The van der Waals surface area contributed by atoms with Crippen molar-refractivity contribution in [2.24, 2.45) is 5.92 Å². The van der Waals surface area contributed by atoms with Gasteiger partial charge in [0.1, 0.15) is 19.3 Å². The van der Waals surface area contributed by atoms with Gasteiger partial charge in [-0.3, -0.25) is 37.3 Å². The maximum Gasteiger partial charge on any atom is 0.472 e. The Balaban J connectivity index is 5.21. The van der Waals surface area contributed by atoms with Crippen LogP contribution in [0.25, 0.3) is 0 Å². The van der Waals surface area contributed by atoms with E-state index in [2.05, 4.69) is 34.6 Å². The molecule has 0 aliphatic heterocycles. The van der Waals surface area contributed by atoms with Crippen molar-refractivity contribution >= 4 is 39.5 Å². The summed E-state index contributed by atoms with van der Waals surface area (Å²) in [5.41, 5.74) is 0. The minimum Gasteiger partial charge on any atom is -0.462 e. The van der Waals surface area contributed by atoms with E-state index >= 15 is 0 Å². The maximum atomic E-state index is 13.2. The predicted octanol–water partition coefficient (Wildman–Crippen LogP) is 27.2. The fourth-order valence-electron chi connectivity index (χ4n) is 13.8. The zero-order valence-electron chi connectivity index (χ0n) is 70.3. The highest BCUT2D eigenvalue weighted by molar-refractivity contribution is 7.47. The Morgan fingerprint density at radius 3 is 0.664 bits per heavy atom. The van der Waals surface area contributed by atoms with Crippen molar-refractivity contribution < 1.29 is 80.2 Å². The van der Waals surface area contributed by atoms with Gasteiger partial charge in [0, 0.05) is 25.7 Å². The van der Waals surface area contributed by atoms with Gasteiger partial charge in [-0.1, -0.05) is 426 Å². The minimum absolute atomic E-state index is 0.109. The third-order valence-electron chi connectivity index (χ3n) is 21.1. The number of hydrogen-bond acceptors (Lipinski definition) is 15. The molecule has 0 saturated carbocycles. The number of hydrogen-bond donors (Lipinski definition) is 3. The Kier molecular flexibility index (Phi) is 79.2. The number of aliphatic hydroxyl groups is 1. The Labute approximate surface area is 658 Å². The first-order chi connectivity index (χ1) is 52.1. The monoisotopic (exact) mass is 1560 g/mol. The van der Waals surface area contributed by atoms with E-state index in [0.717, 1.165) is 95.8 Å². The third-order valence-corrected chi connectivity index (χ3v) is 23.0. The average Bonchev–Trinajstić information content (AvgIpc) is 0.905. The summed E-state index contributed by atoms with van der Waals surface area (Å²) in [6.45, 7) is 7.44. The van der Waals surface area contributed by atoms with Crippen LogP contribution < -0.4 is 0 Å². The molecule has 19 heteroatoms. The topological polar surface area (TPSA) is 237 Å². The highest BCUT2D eigenvalue weighted by atomic mass is 31.2. The van der Waals surface area contributed by atoms with Crippen molar-refractivity contribution in [3.05, 3.63) is 0 Å². The van der Waals surface area contributed by atoms with E-state index in [-0.39, 0.29) is 25.7 Å². The van der Waals surface area contributed by atoms with Gasteiger partial charge in [-0.05, 0) is 31.6 Å². The Morgan fingerprint density at radius 1 is 0.262 bits per heavy atom. The van der Waals surface area contributed by atoms with E-state index in [1.807, 2.05) is 0 Å². The van der Waals surface area contributed by atoms with E-state index in [9.17, 15) is 43.2 Å².